The molecule has 4 fully saturated rings. The summed E-state index contributed by atoms with van der Waals surface area (Å²) in [4.78, 5) is 37.3. The maximum Gasteiger partial charge on any atom is 0.337 e. The molecule has 0 aromatic heterocycles. The molecule has 59 heavy (non-hydrogen) atoms. The lowest BCUT2D eigenvalue weighted by Crippen LogP contribution is -2.52. The van der Waals surface area contributed by atoms with Crippen molar-refractivity contribution in [3.05, 3.63) is 142 Å². The Balaban J connectivity index is 0.000000152. The zero-order valence-electron chi connectivity index (χ0n) is 34.2. The fraction of sp³-hybridized carbons (Fsp3) is 0.460. The maximum atomic E-state index is 13.2. The third-order valence-electron chi connectivity index (χ3n) is 14.5. The molecule has 6 aliphatic rings. The Morgan fingerprint density at radius 3 is 1.64 bits per heavy atom. The molecule has 4 aromatic rings. The van der Waals surface area contributed by atoms with Crippen LogP contribution in [0.1, 0.15) is 110 Å². The van der Waals surface area contributed by atoms with Crippen molar-refractivity contribution in [1.29, 1.82) is 0 Å². The summed E-state index contributed by atoms with van der Waals surface area (Å²) in [5.41, 5.74) is 7.98. The average Bonchev–Trinajstić information content (AvgIpc) is 3.94. The summed E-state index contributed by atoms with van der Waals surface area (Å²) in [6, 6.07) is 32.9. The molecule has 2 heterocycles. The van der Waals surface area contributed by atoms with Crippen LogP contribution in [0.3, 0.4) is 0 Å². The van der Waals surface area contributed by atoms with E-state index in [0.717, 1.165) is 69.8 Å². The first-order valence-corrected chi connectivity index (χ1v) is 21.3. The van der Waals surface area contributed by atoms with Gasteiger partial charge in [0.25, 0.3) is 0 Å². The number of rotatable bonds is 6. The van der Waals surface area contributed by atoms with Gasteiger partial charge in [0.2, 0.25) is 0 Å². The van der Waals surface area contributed by atoms with E-state index in [-0.39, 0.29) is 34.3 Å². The van der Waals surface area contributed by atoms with Crippen LogP contribution >= 0.6 is 0 Å². The van der Waals surface area contributed by atoms with Crippen LogP contribution in [0.5, 0.6) is 0 Å². The smallest absolute Gasteiger partial charge is 0.337 e. The van der Waals surface area contributed by atoms with Crippen LogP contribution in [0, 0.1) is 11.8 Å². The van der Waals surface area contributed by atoms with Crippen molar-refractivity contribution in [2.24, 2.45) is 11.8 Å². The number of hydrogen-bond donors (Lipinski definition) is 0. The molecule has 4 aromatic carbocycles. The summed E-state index contributed by atoms with van der Waals surface area (Å²) in [5, 5.41) is 0. The zero-order valence-corrected chi connectivity index (χ0v) is 34.2. The normalized spacial score (nSPS) is 27.1. The Labute approximate surface area is 346 Å². The lowest BCUT2D eigenvalue weighted by atomic mass is 9.53. The van der Waals surface area contributed by atoms with Crippen molar-refractivity contribution < 1.29 is 42.8 Å². The van der Waals surface area contributed by atoms with Gasteiger partial charge in [-0.2, -0.15) is 0 Å². The van der Waals surface area contributed by atoms with Gasteiger partial charge in [0.1, 0.15) is 0 Å². The highest BCUT2D eigenvalue weighted by atomic mass is 16.7. The largest absolute Gasteiger partial charge is 0.465 e. The maximum absolute atomic E-state index is 13.2. The molecule has 2 aliphatic heterocycles. The van der Waals surface area contributed by atoms with Crippen molar-refractivity contribution in [1.82, 2.24) is 0 Å². The Morgan fingerprint density at radius 2 is 1.10 bits per heavy atom. The van der Waals surface area contributed by atoms with Crippen LogP contribution in [0.15, 0.2) is 97.1 Å². The third-order valence-corrected chi connectivity index (χ3v) is 14.5. The number of aryl methyl sites for hydroxylation is 1. The van der Waals surface area contributed by atoms with Crippen LogP contribution in [0.25, 0.3) is 0 Å². The van der Waals surface area contributed by atoms with Crippen molar-refractivity contribution in [3.8, 4) is 0 Å². The number of methoxy groups -OCH3 is 2. The van der Waals surface area contributed by atoms with E-state index in [0.29, 0.717) is 55.5 Å². The molecule has 0 radical (unpaired) electrons. The highest BCUT2D eigenvalue weighted by Gasteiger charge is 2.56. The molecule has 2 saturated heterocycles. The first-order valence-electron chi connectivity index (χ1n) is 21.3. The molecule has 0 N–H and O–H groups in total. The van der Waals surface area contributed by atoms with Gasteiger partial charge in [0.05, 0.1) is 51.8 Å². The summed E-state index contributed by atoms with van der Waals surface area (Å²) >= 11 is 0. The van der Waals surface area contributed by atoms with Crippen LogP contribution < -0.4 is 0 Å². The number of esters is 2. The second-order valence-corrected chi connectivity index (χ2v) is 17.4. The molecule has 308 valence electrons. The van der Waals surface area contributed by atoms with E-state index in [1.54, 1.807) is 12.1 Å². The monoisotopic (exact) mass is 798 g/mol. The summed E-state index contributed by atoms with van der Waals surface area (Å²) in [6.07, 6.45) is 9.72. The number of Topliss-reactive ketones (excluding diaryl/α,β-unsaturated/α-hetero) is 1. The predicted molar refractivity (Wildman–Crippen MR) is 220 cm³/mol. The number of benzene rings is 4. The number of ketones is 1. The average molecular weight is 799 g/mol. The van der Waals surface area contributed by atoms with Crippen molar-refractivity contribution in [2.45, 2.75) is 93.0 Å². The molecule has 4 atom stereocenters. The minimum Gasteiger partial charge on any atom is -0.465 e. The molecule has 9 heteroatoms. The van der Waals surface area contributed by atoms with Crippen molar-refractivity contribution in [2.75, 3.05) is 40.6 Å². The van der Waals surface area contributed by atoms with Gasteiger partial charge in [0, 0.05) is 48.5 Å². The molecule has 0 amide bonds. The van der Waals surface area contributed by atoms with Crippen LogP contribution in [0.2, 0.25) is 0 Å². The number of carbonyl (C=O) groups excluding carboxylic acids is 3. The third kappa shape index (κ3) is 7.34. The SMILES string of the molecule is COC(=O)c1ccc2c(c1)C(=O)C[C@H]1CC3(CC[C@@]21Cc1ccccc1)OCCO3.COC(=O)c1ccc2c(c1)CC[C@H]1CC3(CC[C@@]21Cc1ccccc1)OCCO3. The van der Waals surface area contributed by atoms with E-state index in [4.69, 9.17) is 28.4 Å². The van der Waals surface area contributed by atoms with Gasteiger partial charge < -0.3 is 28.4 Å². The van der Waals surface area contributed by atoms with Crippen LogP contribution in [-0.2, 0) is 58.5 Å². The van der Waals surface area contributed by atoms with E-state index in [1.807, 2.05) is 18.2 Å². The summed E-state index contributed by atoms with van der Waals surface area (Å²) in [6.45, 7) is 2.64. The van der Waals surface area contributed by atoms with E-state index >= 15 is 0 Å². The highest BCUT2D eigenvalue weighted by Crippen LogP contribution is 2.57. The van der Waals surface area contributed by atoms with Crippen LogP contribution in [0.4, 0.5) is 0 Å². The van der Waals surface area contributed by atoms with Gasteiger partial charge in [-0.15, -0.1) is 0 Å². The lowest BCUT2D eigenvalue weighted by Gasteiger charge is -2.53. The first kappa shape index (κ1) is 39.8. The quantitative estimate of drug-likeness (QED) is 0.178. The molecule has 10 rings (SSSR count). The molecule has 4 aliphatic carbocycles. The van der Waals surface area contributed by atoms with Crippen molar-refractivity contribution in [3.63, 3.8) is 0 Å². The van der Waals surface area contributed by atoms with E-state index in [9.17, 15) is 14.4 Å². The van der Waals surface area contributed by atoms with Gasteiger partial charge in [-0.1, -0.05) is 72.8 Å². The fourth-order valence-electron chi connectivity index (χ4n) is 11.7. The standard InChI is InChI=1S/C25H26O5.C25H28O4/c1-28-23(27)18-7-8-21-20(13-18)22(26)14-19-16-25(29-11-12-30-25)10-9-24(19,21)15-17-5-3-2-4-6-17;1-27-23(26)20-8-10-22-19(15-20)7-9-21-17-25(28-13-14-29-25)12-11-24(21,22)16-18-5-3-2-4-6-18/h2-8,13,19H,9-12,14-16H2,1H3;2-6,8,10,15,21H,7,9,11-14,16-17H2,1H3/t19-,24-;21-,24-/m00/s1. The van der Waals surface area contributed by atoms with Gasteiger partial charge in [-0.3, -0.25) is 4.79 Å². The predicted octanol–water partition coefficient (Wildman–Crippen LogP) is 8.53. The van der Waals surface area contributed by atoms with E-state index in [2.05, 4.69) is 66.7 Å². The summed E-state index contributed by atoms with van der Waals surface area (Å²) in [7, 11) is 2.80. The number of hydrogen-bond acceptors (Lipinski definition) is 9. The fourth-order valence-corrected chi connectivity index (χ4v) is 11.7. The van der Waals surface area contributed by atoms with Gasteiger partial charge >= 0.3 is 11.9 Å². The first-order chi connectivity index (χ1) is 28.7. The topological polar surface area (TPSA) is 107 Å². The number of fused-ring (bicyclic) bond motifs is 6. The number of carbonyl (C=O) groups is 3. The Morgan fingerprint density at radius 1 is 0.610 bits per heavy atom. The Hall–Kier alpha value is -4.67. The molecule has 2 spiro atoms. The van der Waals surface area contributed by atoms with Gasteiger partial charge in [-0.25, -0.2) is 9.59 Å². The second-order valence-electron chi connectivity index (χ2n) is 17.4. The summed E-state index contributed by atoms with van der Waals surface area (Å²) in [5.74, 6) is -0.884. The van der Waals surface area contributed by atoms with Crippen LogP contribution in [-0.4, -0.2) is 69.9 Å². The molecule has 0 unspecified atom stereocenters. The van der Waals surface area contributed by atoms with Gasteiger partial charge in [0.15, 0.2) is 17.4 Å². The Kier molecular flexibility index (Phi) is 10.8. The van der Waals surface area contributed by atoms with E-state index < -0.39 is 11.8 Å². The highest BCUT2D eigenvalue weighted by molar-refractivity contribution is 6.02. The minimum absolute atomic E-state index is 0.0597. The minimum atomic E-state index is -0.547. The second kappa shape index (κ2) is 16.1. The lowest BCUT2D eigenvalue weighted by molar-refractivity contribution is -0.200. The molecular weight excluding hydrogens is 745 g/mol. The number of ether oxygens (including phenoxy) is 6. The molecule has 0 bridgehead atoms. The van der Waals surface area contributed by atoms with Crippen molar-refractivity contribution >= 4 is 17.7 Å². The molecule has 2 saturated carbocycles. The zero-order chi connectivity index (χ0) is 40.7. The molecule has 9 nitrogen and oxygen atoms in total. The molecular formula is C50H54O9. The van der Waals surface area contributed by atoms with Gasteiger partial charge in [-0.05, 0) is 102 Å². The summed E-state index contributed by atoms with van der Waals surface area (Å²) < 4.78 is 34.0. The Bertz CT molecular complexity index is 2190. The van der Waals surface area contributed by atoms with E-state index in [1.165, 1.54) is 36.5 Å².